The van der Waals surface area contributed by atoms with E-state index in [9.17, 15) is 0 Å². The van der Waals surface area contributed by atoms with Crippen molar-refractivity contribution in [2.75, 3.05) is 13.7 Å². The molecule has 1 aliphatic carbocycles. The zero-order valence-electron chi connectivity index (χ0n) is 13.4. The van der Waals surface area contributed by atoms with Gasteiger partial charge in [-0.25, -0.2) is 0 Å². The van der Waals surface area contributed by atoms with E-state index in [1.165, 1.54) is 31.4 Å². The summed E-state index contributed by atoms with van der Waals surface area (Å²) in [6, 6.07) is 2.67. The molecule has 114 valence electrons. The summed E-state index contributed by atoms with van der Waals surface area (Å²) >= 11 is 0. The van der Waals surface area contributed by atoms with Gasteiger partial charge in [0, 0.05) is 32.3 Å². The van der Waals surface area contributed by atoms with E-state index in [2.05, 4.69) is 30.3 Å². The molecule has 1 atom stereocenters. The summed E-state index contributed by atoms with van der Waals surface area (Å²) < 4.78 is 7.81. The molecule has 1 aromatic rings. The Morgan fingerprint density at radius 3 is 2.70 bits per heavy atom. The average molecular weight is 279 g/mol. The minimum Gasteiger partial charge on any atom is -0.378 e. The Labute approximate surface area is 122 Å². The molecule has 1 fully saturated rings. The fourth-order valence-corrected chi connectivity index (χ4v) is 3.18. The van der Waals surface area contributed by atoms with E-state index < -0.39 is 0 Å². The van der Waals surface area contributed by atoms with Crippen LogP contribution in [0.25, 0.3) is 0 Å². The van der Waals surface area contributed by atoms with Crippen LogP contribution in [0.4, 0.5) is 0 Å². The van der Waals surface area contributed by atoms with Gasteiger partial charge in [-0.3, -0.25) is 4.68 Å². The van der Waals surface area contributed by atoms with Crippen LogP contribution in [0.3, 0.4) is 0 Å². The van der Waals surface area contributed by atoms with E-state index in [-0.39, 0.29) is 5.60 Å². The second kappa shape index (κ2) is 6.72. The number of ether oxygens (including phenoxy) is 1. The van der Waals surface area contributed by atoms with E-state index in [0.29, 0.717) is 6.04 Å². The lowest BCUT2D eigenvalue weighted by molar-refractivity contribution is -0.0834. The van der Waals surface area contributed by atoms with Gasteiger partial charge in [0.15, 0.2) is 0 Å². The molecule has 0 aromatic carbocycles. The normalized spacial score (nSPS) is 18.8. The lowest BCUT2D eigenvalue weighted by atomic mass is 9.75. The van der Waals surface area contributed by atoms with Crippen LogP contribution in [0.5, 0.6) is 0 Å². The summed E-state index contributed by atoms with van der Waals surface area (Å²) in [5.74, 6) is 0. The summed E-state index contributed by atoms with van der Waals surface area (Å²) in [5.41, 5.74) is 2.53. The van der Waals surface area contributed by atoms with Gasteiger partial charge in [-0.05, 0) is 51.6 Å². The Kier molecular flexibility index (Phi) is 5.22. The molecule has 0 spiro atoms. The smallest absolute Gasteiger partial charge is 0.0693 e. The van der Waals surface area contributed by atoms with Gasteiger partial charge in [0.05, 0.1) is 11.3 Å². The maximum atomic E-state index is 5.79. The minimum absolute atomic E-state index is 0.124. The van der Waals surface area contributed by atoms with E-state index in [0.717, 1.165) is 25.1 Å². The quantitative estimate of drug-likeness (QED) is 0.795. The fourth-order valence-electron chi connectivity index (χ4n) is 3.18. The first kappa shape index (κ1) is 15.5. The molecule has 1 heterocycles. The molecule has 1 N–H and O–H groups in total. The van der Waals surface area contributed by atoms with Crippen LogP contribution < -0.4 is 5.32 Å². The molecule has 4 nitrogen and oxygen atoms in total. The predicted molar refractivity (Wildman–Crippen MR) is 81.9 cm³/mol. The molecule has 2 rings (SSSR count). The SMILES string of the molecule is CCCNC(Cc1cc(C)nn1C)CC1(OC)CCC1. The van der Waals surface area contributed by atoms with Crippen LogP contribution in [0.1, 0.15) is 50.4 Å². The van der Waals surface area contributed by atoms with Crippen molar-refractivity contribution in [3.05, 3.63) is 17.5 Å². The summed E-state index contributed by atoms with van der Waals surface area (Å²) in [7, 11) is 3.90. The number of aryl methyl sites for hydroxylation is 2. The molecule has 4 heteroatoms. The molecule has 1 unspecified atom stereocenters. The van der Waals surface area contributed by atoms with E-state index in [4.69, 9.17) is 4.74 Å². The number of rotatable bonds is 8. The molecule has 20 heavy (non-hydrogen) atoms. The maximum Gasteiger partial charge on any atom is 0.0693 e. The number of aromatic nitrogens is 2. The summed E-state index contributed by atoms with van der Waals surface area (Å²) in [6.45, 7) is 5.34. The van der Waals surface area contributed by atoms with Gasteiger partial charge in [-0.1, -0.05) is 6.92 Å². The van der Waals surface area contributed by atoms with Gasteiger partial charge >= 0.3 is 0 Å². The Balaban J connectivity index is 2.01. The second-order valence-corrected chi connectivity index (χ2v) is 6.20. The lowest BCUT2D eigenvalue weighted by Crippen LogP contribution is -2.47. The van der Waals surface area contributed by atoms with Gasteiger partial charge in [0.25, 0.3) is 0 Å². The Morgan fingerprint density at radius 2 is 2.25 bits per heavy atom. The standard InChI is InChI=1S/C16H29N3O/c1-5-9-17-14(12-16(20-4)7-6-8-16)11-15-10-13(2)18-19(15)3/h10,14,17H,5-9,11-12H2,1-4H3. The molecule has 1 aromatic heterocycles. The van der Waals surface area contributed by atoms with Gasteiger partial charge in [0.2, 0.25) is 0 Å². The van der Waals surface area contributed by atoms with Gasteiger partial charge < -0.3 is 10.1 Å². The predicted octanol–water partition coefficient (Wildman–Crippen LogP) is 2.60. The zero-order valence-corrected chi connectivity index (χ0v) is 13.4. The fraction of sp³-hybridized carbons (Fsp3) is 0.812. The monoisotopic (exact) mass is 279 g/mol. The highest BCUT2D eigenvalue weighted by Crippen LogP contribution is 2.39. The third-order valence-electron chi connectivity index (χ3n) is 4.55. The first-order chi connectivity index (χ1) is 9.58. The van der Waals surface area contributed by atoms with Crippen molar-refractivity contribution in [2.45, 2.75) is 64.0 Å². The number of nitrogens with one attached hydrogen (secondary N) is 1. The number of hydrogen-bond acceptors (Lipinski definition) is 3. The highest BCUT2D eigenvalue weighted by molar-refractivity contribution is 5.11. The molecule has 0 amide bonds. The second-order valence-electron chi connectivity index (χ2n) is 6.20. The third kappa shape index (κ3) is 3.61. The topological polar surface area (TPSA) is 39.1 Å². The van der Waals surface area contributed by atoms with Crippen LogP contribution in [-0.2, 0) is 18.2 Å². The van der Waals surface area contributed by atoms with Crippen molar-refractivity contribution in [1.29, 1.82) is 0 Å². The van der Waals surface area contributed by atoms with Crippen molar-refractivity contribution < 1.29 is 4.74 Å². The van der Waals surface area contributed by atoms with Crippen LogP contribution in [0.2, 0.25) is 0 Å². The molecule has 1 aliphatic rings. The highest BCUT2D eigenvalue weighted by Gasteiger charge is 2.39. The molecule has 0 radical (unpaired) electrons. The molecule has 0 aliphatic heterocycles. The van der Waals surface area contributed by atoms with E-state index >= 15 is 0 Å². The third-order valence-corrected chi connectivity index (χ3v) is 4.55. The van der Waals surface area contributed by atoms with Crippen molar-refractivity contribution in [2.24, 2.45) is 7.05 Å². The summed E-state index contributed by atoms with van der Waals surface area (Å²) in [5, 5.41) is 8.14. The van der Waals surface area contributed by atoms with Crippen LogP contribution in [0, 0.1) is 6.92 Å². The van der Waals surface area contributed by atoms with Gasteiger partial charge in [-0.2, -0.15) is 5.10 Å². The Hall–Kier alpha value is -0.870. The zero-order chi connectivity index (χ0) is 14.6. The van der Waals surface area contributed by atoms with Crippen LogP contribution >= 0.6 is 0 Å². The summed E-state index contributed by atoms with van der Waals surface area (Å²) in [4.78, 5) is 0. The molecule has 0 bridgehead atoms. The van der Waals surface area contributed by atoms with Crippen molar-refractivity contribution in [3.8, 4) is 0 Å². The van der Waals surface area contributed by atoms with Crippen molar-refractivity contribution >= 4 is 0 Å². The Morgan fingerprint density at radius 1 is 1.50 bits per heavy atom. The molecular weight excluding hydrogens is 250 g/mol. The van der Waals surface area contributed by atoms with Gasteiger partial charge in [-0.15, -0.1) is 0 Å². The summed E-state index contributed by atoms with van der Waals surface area (Å²) in [6.07, 6.45) is 7.02. The van der Waals surface area contributed by atoms with Crippen molar-refractivity contribution in [1.82, 2.24) is 15.1 Å². The van der Waals surface area contributed by atoms with E-state index in [1.54, 1.807) is 0 Å². The maximum absolute atomic E-state index is 5.79. The molecule has 0 saturated heterocycles. The first-order valence-electron chi connectivity index (χ1n) is 7.86. The number of methoxy groups -OCH3 is 1. The van der Waals surface area contributed by atoms with Crippen molar-refractivity contribution in [3.63, 3.8) is 0 Å². The highest BCUT2D eigenvalue weighted by atomic mass is 16.5. The lowest BCUT2D eigenvalue weighted by Gasteiger charge is -2.43. The molecular formula is C16H29N3O. The minimum atomic E-state index is 0.124. The van der Waals surface area contributed by atoms with Crippen LogP contribution in [-0.4, -0.2) is 35.1 Å². The number of nitrogens with zero attached hydrogens (tertiary/aromatic N) is 2. The average Bonchev–Trinajstić information content (AvgIpc) is 2.69. The Bertz CT molecular complexity index is 418. The van der Waals surface area contributed by atoms with Gasteiger partial charge in [0.1, 0.15) is 0 Å². The van der Waals surface area contributed by atoms with Crippen LogP contribution in [0.15, 0.2) is 6.07 Å². The number of hydrogen-bond donors (Lipinski definition) is 1. The first-order valence-corrected chi connectivity index (χ1v) is 7.86. The van der Waals surface area contributed by atoms with E-state index in [1.807, 2.05) is 18.8 Å². The molecule has 1 saturated carbocycles. The largest absolute Gasteiger partial charge is 0.378 e.